The first-order chi connectivity index (χ1) is 11.6. The van der Waals surface area contributed by atoms with Gasteiger partial charge in [0.2, 0.25) is 5.76 Å². The van der Waals surface area contributed by atoms with Gasteiger partial charge in [0.15, 0.2) is 0 Å². The molecule has 126 valence electrons. The van der Waals surface area contributed by atoms with E-state index in [1.807, 2.05) is 30.5 Å². The van der Waals surface area contributed by atoms with Crippen LogP contribution in [0.2, 0.25) is 0 Å². The Bertz CT molecular complexity index is 734. The Labute approximate surface area is 144 Å². The average molecular weight is 345 g/mol. The highest BCUT2D eigenvalue weighted by Crippen LogP contribution is 2.17. The Kier molecular flexibility index (Phi) is 4.89. The molecule has 0 spiro atoms. The van der Waals surface area contributed by atoms with Crippen molar-refractivity contribution in [3.8, 4) is 0 Å². The minimum atomic E-state index is -0.174. The minimum absolute atomic E-state index is 0.00487. The summed E-state index contributed by atoms with van der Waals surface area (Å²) in [5.74, 6) is 0.0808. The highest BCUT2D eigenvalue weighted by atomic mass is 32.2. The second-order valence-electron chi connectivity index (χ2n) is 5.65. The number of aryl methyl sites for hydroxylation is 1. The molecule has 1 saturated heterocycles. The summed E-state index contributed by atoms with van der Waals surface area (Å²) in [5.41, 5.74) is 1.36. The number of carbonyl (C=O) groups is 2. The van der Waals surface area contributed by atoms with Crippen molar-refractivity contribution >= 4 is 23.6 Å². The summed E-state index contributed by atoms with van der Waals surface area (Å²) in [6.07, 6.45) is 2.00. The van der Waals surface area contributed by atoms with Crippen molar-refractivity contribution in [2.45, 2.75) is 11.8 Å². The van der Waals surface area contributed by atoms with Crippen LogP contribution >= 0.6 is 11.8 Å². The van der Waals surface area contributed by atoms with E-state index in [1.54, 1.807) is 34.6 Å². The highest BCUT2D eigenvalue weighted by molar-refractivity contribution is 7.98. The fourth-order valence-corrected chi connectivity index (χ4v) is 3.06. The van der Waals surface area contributed by atoms with Gasteiger partial charge in [-0.15, -0.1) is 11.8 Å². The Morgan fingerprint density at radius 2 is 1.62 bits per heavy atom. The van der Waals surface area contributed by atoms with Crippen LogP contribution in [0.25, 0.3) is 0 Å². The van der Waals surface area contributed by atoms with E-state index in [2.05, 4.69) is 5.16 Å². The summed E-state index contributed by atoms with van der Waals surface area (Å²) in [7, 11) is 0. The zero-order chi connectivity index (χ0) is 17.1. The second kappa shape index (κ2) is 7.09. The van der Waals surface area contributed by atoms with Crippen LogP contribution in [0.1, 0.15) is 26.6 Å². The molecule has 2 amide bonds. The number of piperazine rings is 1. The van der Waals surface area contributed by atoms with Crippen molar-refractivity contribution in [3.05, 3.63) is 47.3 Å². The standard InChI is InChI=1S/C17H19N3O3S/c1-12-11-15(23-18-12)17(22)20-9-7-19(8-10-20)16(21)13-3-5-14(24-2)6-4-13/h3-6,11H,7-10H2,1-2H3. The van der Waals surface area contributed by atoms with Crippen LogP contribution in [0.5, 0.6) is 0 Å². The van der Waals surface area contributed by atoms with Crippen LogP contribution in [0.4, 0.5) is 0 Å². The molecule has 1 aromatic carbocycles. The Hall–Kier alpha value is -2.28. The van der Waals surface area contributed by atoms with Crippen molar-refractivity contribution < 1.29 is 14.1 Å². The third kappa shape index (κ3) is 3.46. The van der Waals surface area contributed by atoms with E-state index >= 15 is 0 Å². The number of hydrogen-bond acceptors (Lipinski definition) is 5. The average Bonchev–Trinajstić information content (AvgIpc) is 3.07. The molecule has 7 heteroatoms. The lowest BCUT2D eigenvalue weighted by Crippen LogP contribution is -2.50. The van der Waals surface area contributed by atoms with Crippen LogP contribution in [0.15, 0.2) is 39.8 Å². The van der Waals surface area contributed by atoms with Crippen molar-refractivity contribution in [1.82, 2.24) is 15.0 Å². The molecule has 0 N–H and O–H groups in total. The number of carbonyl (C=O) groups excluding carboxylic acids is 2. The zero-order valence-electron chi connectivity index (χ0n) is 13.7. The van der Waals surface area contributed by atoms with Gasteiger partial charge in [-0.1, -0.05) is 5.16 Å². The van der Waals surface area contributed by atoms with Crippen molar-refractivity contribution in [2.75, 3.05) is 32.4 Å². The second-order valence-corrected chi connectivity index (χ2v) is 6.53. The van der Waals surface area contributed by atoms with E-state index in [0.29, 0.717) is 37.4 Å². The molecule has 0 aliphatic carbocycles. The van der Waals surface area contributed by atoms with Gasteiger partial charge in [0.1, 0.15) is 0 Å². The topological polar surface area (TPSA) is 66.7 Å². The zero-order valence-corrected chi connectivity index (χ0v) is 14.5. The van der Waals surface area contributed by atoms with Gasteiger partial charge in [0.05, 0.1) is 5.69 Å². The van der Waals surface area contributed by atoms with Gasteiger partial charge in [-0.3, -0.25) is 9.59 Å². The minimum Gasteiger partial charge on any atom is -0.351 e. The normalized spacial score (nSPS) is 14.8. The lowest BCUT2D eigenvalue weighted by Gasteiger charge is -2.34. The molecule has 0 radical (unpaired) electrons. The van der Waals surface area contributed by atoms with Crippen molar-refractivity contribution in [2.24, 2.45) is 0 Å². The molecule has 1 aromatic heterocycles. The van der Waals surface area contributed by atoms with E-state index in [4.69, 9.17) is 4.52 Å². The van der Waals surface area contributed by atoms with Gasteiger partial charge in [-0.25, -0.2) is 0 Å². The molecule has 1 aliphatic heterocycles. The van der Waals surface area contributed by atoms with E-state index in [-0.39, 0.29) is 17.6 Å². The van der Waals surface area contributed by atoms with E-state index in [1.165, 1.54) is 0 Å². The lowest BCUT2D eigenvalue weighted by molar-refractivity contribution is 0.0512. The lowest BCUT2D eigenvalue weighted by atomic mass is 10.2. The van der Waals surface area contributed by atoms with Crippen LogP contribution in [-0.2, 0) is 0 Å². The molecule has 1 aliphatic rings. The first-order valence-corrected chi connectivity index (χ1v) is 8.97. The van der Waals surface area contributed by atoms with E-state index in [0.717, 1.165) is 4.90 Å². The fraction of sp³-hybridized carbons (Fsp3) is 0.353. The number of amides is 2. The number of benzene rings is 1. The summed E-state index contributed by atoms with van der Waals surface area (Å²) in [5, 5.41) is 3.74. The van der Waals surface area contributed by atoms with Crippen LogP contribution in [0.3, 0.4) is 0 Å². The molecule has 0 bridgehead atoms. The molecule has 2 heterocycles. The quantitative estimate of drug-likeness (QED) is 0.799. The predicted octanol–water partition coefficient (Wildman–Crippen LogP) is 2.30. The predicted molar refractivity (Wildman–Crippen MR) is 91.3 cm³/mol. The third-order valence-electron chi connectivity index (χ3n) is 4.03. The molecule has 0 saturated carbocycles. The van der Waals surface area contributed by atoms with Gasteiger partial charge < -0.3 is 14.3 Å². The van der Waals surface area contributed by atoms with Gasteiger partial charge in [-0.2, -0.15) is 0 Å². The number of thioether (sulfide) groups is 1. The summed E-state index contributed by atoms with van der Waals surface area (Å²) >= 11 is 1.64. The molecule has 3 rings (SSSR count). The highest BCUT2D eigenvalue weighted by Gasteiger charge is 2.27. The van der Waals surface area contributed by atoms with Crippen LogP contribution < -0.4 is 0 Å². The first kappa shape index (κ1) is 16.6. The fourth-order valence-electron chi connectivity index (χ4n) is 2.65. The maximum Gasteiger partial charge on any atom is 0.292 e. The Morgan fingerprint density at radius 3 is 2.12 bits per heavy atom. The van der Waals surface area contributed by atoms with E-state index < -0.39 is 0 Å². The molecule has 24 heavy (non-hydrogen) atoms. The van der Waals surface area contributed by atoms with Gasteiger partial charge >= 0.3 is 0 Å². The maximum atomic E-state index is 12.5. The summed E-state index contributed by atoms with van der Waals surface area (Å²) in [4.78, 5) is 29.5. The molecule has 6 nitrogen and oxygen atoms in total. The summed E-state index contributed by atoms with van der Waals surface area (Å²) in [6.45, 7) is 3.80. The van der Waals surface area contributed by atoms with Crippen LogP contribution in [0, 0.1) is 6.92 Å². The maximum absolute atomic E-state index is 12.5. The molecule has 2 aromatic rings. The first-order valence-electron chi connectivity index (χ1n) is 7.74. The number of rotatable bonds is 3. The molecule has 1 fully saturated rings. The van der Waals surface area contributed by atoms with Gasteiger partial charge in [0, 0.05) is 42.7 Å². The smallest absolute Gasteiger partial charge is 0.292 e. The number of nitrogens with zero attached hydrogens (tertiary/aromatic N) is 3. The largest absolute Gasteiger partial charge is 0.351 e. The summed E-state index contributed by atoms with van der Waals surface area (Å²) in [6, 6.07) is 9.23. The van der Waals surface area contributed by atoms with Crippen molar-refractivity contribution in [1.29, 1.82) is 0 Å². The summed E-state index contributed by atoms with van der Waals surface area (Å²) < 4.78 is 5.02. The molecule has 0 unspecified atom stereocenters. The van der Waals surface area contributed by atoms with Gasteiger partial charge in [-0.05, 0) is 37.4 Å². The number of aromatic nitrogens is 1. The third-order valence-corrected chi connectivity index (χ3v) is 4.77. The molecule has 0 atom stereocenters. The molecular formula is C17H19N3O3S. The van der Waals surface area contributed by atoms with Gasteiger partial charge in [0.25, 0.3) is 11.8 Å². The SMILES string of the molecule is CSc1ccc(C(=O)N2CCN(C(=O)c3cc(C)no3)CC2)cc1. The molecular weight excluding hydrogens is 326 g/mol. The monoisotopic (exact) mass is 345 g/mol. The number of hydrogen-bond donors (Lipinski definition) is 0. The van der Waals surface area contributed by atoms with E-state index in [9.17, 15) is 9.59 Å². The Morgan fingerprint density at radius 1 is 1.04 bits per heavy atom. The Balaban J connectivity index is 1.59. The van der Waals surface area contributed by atoms with Crippen LogP contribution in [-0.4, -0.2) is 59.2 Å². The van der Waals surface area contributed by atoms with Crippen molar-refractivity contribution in [3.63, 3.8) is 0 Å².